The zero-order valence-corrected chi connectivity index (χ0v) is 20.0. The van der Waals surface area contributed by atoms with Gasteiger partial charge < -0.3 is 24.3 Å². The van der Waals surface area contributed by atoms with Gasteiger partial charge >= 0.3 is 6.09 Å². The van der Waals surface area contributed by atoms with Crippen LogP contribution < -0.4 is 5.32 Å². The molecule has 1 aromatic heterocycles. The molecule has 1 unspecified atom stereocenters. The SMILES string of the molecule is CC(C)N(CC1CCCN(C(=O)CNC(=O)c2ccc(Br)o2)C1)C(=O)OC(C)(C)C. The highest BCUT2D eigenvalue weighted by atomic mass is 79.9. The number of ether oxygens (including phenoxy) is 1. The normalized spacial score (nSPS) is 17.0. The van der Waals surface area contributed by atoms with E-state index in [9.17, 15) is 14.4 Å². The fourth-order valence-corrected chi connectivity index (χ4v) is 3.63. The van der Waals surface area contributed by atoms with Crippen LogP contribution in [0.5, 0.6) is 0 Å². The highest BCUT2D eigenvalue weighted by Gasteiger charge is 2.30. The summed E-state index contributed by atoms with van der Waals surface area (Å²) in [5, 5.41) is 2.60. The van der Waals surface area contributed by atoms with Crippen LogP contribution in [0, 0.1) is 5.92 Å². The number of halogens is 1. The van der Waals surface area contributed by atoms with Crippen LogP contribution in [-0.2, 0) is 9.53 Å². The number of carbonyl (C=O) groups excluding carboxylic acids is 3. The summed E-state index contributed by atoms with van der Waals surface area (Å²) in [5.74, 6) is -0.268. The average Bonchev–Trinajstić information content (AvgIpc) is 3.09. The molecule has 2 rings (SSSR count). The molecule has 0 aromatic carbocycles. The van der Waals surface area contributed by atoms with Gasteiger partial charge in [-0.15, -0.1) is 0 Å². The van der Waals surface area contributed by atoms with Gasteiger partial charge in [0.15, 0.2) is 10.4 Å². The smallest absolute Gasteiger partial charge is 0.410 e. The second kappa shape index (κ2) is 10.3. The zero-order valence-electron chi connectivity index (χ0n) is 18.4. The van der Waals surface area contributed by atoms with E-state index >= 15 is 0 Å². The third kappa shape index (κ3) is 7.34. The number of likely N-dealkylation sites (tertiary alicyclic amines) is 1. The quantitative estimate of drug-likeness (QED) is 0.663. The number of nitrogens with zero attached hydrogens (tertiary/aromatic N) is 2. The molecule has 9 heteroatoms. The van der Waals surface area contributed by atoms with Crippen molar-refractivity contribution in [3.8, 4) is 0 Å². The maximum Gasteiger partial charge on any atom is 0.410 e. The molecule has 0 spiro atoms. The summed E-state index contributed by atoms with van der Waals surface area (Å²) in [6.45, 7) is 11.1. The van der Waals surface area contributed by atoms with Gasteiger partial charge in [0.1, 0.15) is 5.60 Å². The molecular weight excluding hydrogens is 454 g/mol. The first-order valence-corrected chi connectivity index (χ1v) is 11.1. The molecule has 1 fully saturated rings. The third-order valence-electron chi connectivity index (χ3n) is 4.78. The maximum atomic E-state index is 12.6. The summed E-state index contributed by atoms with van der Waals surface area (Å²) in [5.41, 5.74) is -0.555. The van der Waals surface area contributed by atoms with Gasteiger partial charge in [0, 0.05) is 25.7 Å². The second-order valence-corrected chi connectivity index (χ2v) is 9.64. The Morgan fingerprint density at radius 3 is 2.60 bits per heavy atom. The van der Waals surface area contributed by atoms with Crippen LogP contribution in [0.25, 0.3) is 0 Å². The summed E-state index contributed by atoms with van der Waals surface area (Å²) < 4.78 is 11.2. The fourth-order valence-electron chi connectivity index (χ4n) is 3.33. The molecule has 2 heterocycles. The summed E-state index contributed by atoms with van der Waals surface area (Å²) in [7, 11) is 0. The Kier molecular flexibility index (Phi) is 8.34. The van der Waals surface area contributed by atoms with E-state index in [1.54, 1.807) is 15.9 Å². The molecule has 1 aliphatic heterocycles. The van der Waals surface area contributed by atoms with E-state index in [-0.39, 0.29) is 36.3 Å². The highest BCUT2D eigenvalue weighted by molar-refractivity contribution is 9.10. The van der Waals surface area contributed by atoms with Gasteiger partial charge in [0.2, 0.25) is 5.91 Å². The number of piperidine rings is 1. The number of amides is 3. The van der Waals surface area contributed by atoms with Crippen molar-refractivity contribution >= 4 is 33.8 Å². The van der Waals surface area contributed by atoms with Crippen molar-refractivity contribution in [3.05, 3.63) is 22.6 Å². The van der Waals surface area contributed by atoms with Crippen molar-refractivity contribution in [3.63, 3.8) is 0 Å². The molecule has 1 aliphatic rings. The van der Waals surface area contributed by atoms with E-state index in [4.69, 9.17) is 9.15 Å². The van der Waals surface area contributed by atoms with Gasteiger partial charge in [-0.2, -0.15) is 0 Å². The lowest BCUT2D eigenvalue weighted by atomic mass is 9.97. The summed E-state index contributed by atoms with van der Waals surface area (Å²) >= 11 is 3.15. The number of carbonyl (C=O) groups is 3. The minimum atomic E-state index is -0.555. The molecule has 168 valence electrons. The van der Waals surface area contributed by atoms with Gasteiger partial charge in [0.05, 0.1) is 6.54 Å². The minimum Gasteiger partial charge on any atom is -0.444 e. The molecule has 30 heavy (non-hydrogen) atoms. The molecule has 0 aliphatic carbocycles. The van der Waals surface area contributed by atoms with Crippen molar-refractivity contribution in [1.82, 2.24) is 15.1 Å². The number of hydrogen-bond acceptors (Lipinski definition) is 5. The van der Waals surface area contributed by atoms with Crippen LogP contribution in [-0.4, -0.2) is 65.5 Å². The van der Waals surface area contributed by atoms with Gasteiger partial charge in [-0.25, -0.2) is 4.79 Å². The Balaban J connectivity index is 1.89. The number of rotatable bonds is 6. The lowest BCUT2D eigenvalue weighted by Gasteiger charge is -2.37. The lowest BCUT2D eigenvalue weighted by molar-refractivity contribution is -0.132. The van der Waals surface area contributed by atoms with E-state index in [0.29, 0.717) is 24.3 Å². The largest absolute Gasteiger partial charge is 0.444 e. The van der Waals surface area contributed by atoms with Crippen LogP contribution in [0.1, 0.15) is 58.0 Å². The van der Waals surface area contributed by atoms with Crippen molar-refractivity contribution in [2.24, 2.45) is 5.92 Å². The first-order chi connectivity index (χ1) is 14.0. The molecule has 1 aromatic rings. The van der Waals surface area contributed by atoms with Crippen LogP contribution in [0.15, 0.2) is 21.2 Å². The van der Waals surface area contributed by atoms with Crippen molar-refractivity contribution in [2.75, 3.05) is 26.2 Å². The van der Waals surface area contributed by atoms with E-state index in [1.165, 1.54) is 6.07 Å². The molecule has 3 amide bonds. The Morgan fingerprint density at radius 2 is 2.03 bits per heavy atom. The average molecular weight is 486 g/mol. The van der Waals surface area contributed by atoms with Gasteiger partial charge in [-0.05, 0) is 81.4 Å². The number of furan rings is 1. The topological polar surface area (TPSA) is 92.1 Å². The molecule has 8 nitrogen and oxygen atoms in total. The first-order valence-electron chi connectivity index (χ1n) is 10.3. The fraction of sp³-hybridized carbons (Fsp3) is 0.667. The Labute approximate surface area is 186 Å². The zero-order chi connectivity index (χ0) is 22.5. The molecule has 0 bridgehead atoms. The van der Waals surface area contributed by atoms with Crippen LogP contribution in [0.2, 0.25) is 0 Å². The van der Waals surface area contributed by atoms with Crippen LogP contribution in [0.4, 0.5) is 4.79 Å². The molecule has 1 atom stereocenters. The van der Waals surface area contributed by atoms with E-state index < -0.39 is 11.5 Å². The molecule has 1 N–H and O–H groups in total. The second-order valence-electron chi connectivity index (χ2n) is 8.86. The lowest BCUT2D eigenvalue weighted by Crippen LogP contribution is -2.49. The Hall–Kier alpha value is -2.03. The standard InChI is InChI=1S/C21H32BrN3O5/c1-14(2)25(20(28)30-21(3,4)5)13-15-7-6-10-24(12-15)18(26)11-23-19(27)16-8-9-17(22)29-16/h8-9,14-15H,6-7,10-13H2,1-5H3,(H,23,27). The maximum absolute atomic E-state index is 12.6. The van der Waals surface area contributed by atoms with E-state index in [1.807, 2.05) is 34.6 Å². The predicted molar refractivity (Wildman–Crippen MR) is 116 cm³/mol. The number of hydrogen-bond donors (Lipinski definition) is 1. The highest BCUT2D eigenvalue weighted by Crippen LogP contribution is 2.21. The van der Waals surface area contributed by atoms with Gasteiger partial charge in [-0.3, -0.25) is 9.59 Å². The first kappa shape index (κ1) is 24.2. The minimum absolute atomic E-state index is 0.00200. The van der Waals surface area contributed by atoms with Crippen molar-refractivity contribution < 1.29 is 23.5 Å². The van der Waals surface area contributed by atoms with Gasteiger partial charge in [-0.1, -0.05) is 0 Å². The predicted octanol–water partition coefficient (Wildman–Crippen LogP) is 3.66. The van der Waals surface area contributed by atoms with Crippen molar-refractivity contribution in [2.45, 2.75) is 59.1 Å². The van der Waals surface area contributed by atoms with E-state index in [2.05, 4.69) is 21.2 Å². The van der Waals surface area contributed by atoms with Crippen LogP contribution in [0.3, 0.4) is 0 Å². The molecule has 0 radical (unpaired) electrons. The molecule has 0 saturated carbocycles. The van der Waals surface area contributed by atoms with E-state index in [0.717, 1.165) is 12.8 Å². The summed E-state index contributed by atoms with van der Waals surface area (Å²) in [6, 6.07) is 3.16. The third-order valence-corrected chi connectivity index (χ3v) is 5.20. The number of nitrogens with one attached hydrogen (secondary N) is 1. The molecule has 1 saturated heterocycles. The Morgan fingerprint density at radius 1 is 1.33 bits per heavy atom. The molecular formula is C21H32BrN3O5. The van der Waals surface area contributed by atoms with Crippen LogP contribution >= 0.6 is 15.9 Å². The van der Waals surface area contributed by atoms with Gasteiger partial charge in [0.25, 0.3) is 5.91 Å². The summed E-state index contributed by atoms with van der Waals surface area (Å²) in [4.78, 5) is 40.7. The summed E-state index contributed by atoms with van der Waals surface area (Å²) in [6.07, 6.45) is 1.45. The monoisotopic (exact) mass is 485 g/mol. The Bertz CT molecular complexity index is 756. The van der Waals surface area contributed by atoms with Crippen molar-refractivity contribution in [1.29, 1.82) is 0 Å².